The summed E-state index contributed by atoms with van der Waals surface area (Å²) in [6.07, 6.45) is 0. The number of carbonyl (C=O) groups excluding carboxylic acids is 1. The normalized spacial score (nSPS) is 10.2. The molecule has 17 heavy (non-hydrogen) atoms. The van der Waals surface area contributed by atoms with E-state index in [-0.39, 0.29) is 11.5 Å². The zero-order valence-electron chi connectivity index (χ0n) is 8.85. The molecule has 3 N–H and O–H groups in total. The summed E-state index contributed by atoms with van der Waals surface area (Å²) >= 11 is 5.76. The number of phenols is 1. The van der Waals surface area contributed by atoms with Gasteiger partial charge in [0.05, 0.1) is 0 Å². The van der Waals surface area contributed by atoms with Crippen molar-refractivity contribution in [3.63, 3.8) is 0 Å². The Hall–Kier alpha value is -2.00. The van der Waals surface area contributed by atoms with Crippen LogP contribution in [-0.4, -0.2) is 10.9 Å². The van der Waals surface area contributed by atoms with Crippen molar-refractivity contribution < 1.29 is 9.90 Å². The van der Waals surface area contributed by atoms with E-state index in [1.54, 1.807) is 24.3 Å². The molecular formula is C13H10ClNO2. The third-order valence-corrected chi connectivity index (χ3v) is 2.62. The van der Waals surface area contributed by atoms with Crippen LogP contribution in [-0.2, 0) is 0 Å². The van der Waals surface area contributed by atoms with Gasteiger partial charge in [-0.2, -0.15) is 0 Å². The number of hydrogen-bond donors (Lipinski definition) is 2. The molecule has 86 valence electrons. The Balaban J connectivity index is 2.40. The Kier molecular flexibility index (Phi) is 3.02. The van der Waals surface area contributed by atoms with Crippen molar-refractivity contribution in [2.24, 2.45) is 0 Å². The van der Waals surface area contributed by atoms with Gasteiger partial charge in [0.1, 0.15) is 5.75 Å². The molecule has 2 rings (SSSR count). The van der Waals surface area contributed by atoms with E-state index in [1.165, 1.54) is 18.2 Å². The molecule has 0 unspecified atom stereocenters. The van der Waals surface area contributed by atoms with Gasteiger partial charge in [0.25, 0.3) is 0 Å². The van der Waals surface area contributed by atoms with Crippen LogP contribution in [0.15, 0.2) is 42.5 Å². The highest BCUT2D eigenvalue weighted by Gasteiger charge is 2.12. The van der Waals surface area contributed by atoms with Crippen LogP contribution in [0.1, 0.15) is 15.9 Å². The van der Waals surface area contributed by atoms with Crippen LogP contribution in [0.5, 0.6) is 5.75 Å². The molecule has 0 aromatic heterocycles. The van der Waals surface area contributed by atoms with Crippen LogP contribution in [0.25, 0.3) is 0 Å². The fraction of sp³-hybridized carbons (Fsp3) is 0. The molecule has 0 saturated carbocycles. The number of hydrogen-bond acceptors (Lipinski definition) is 3. The summed E-state index contributed by atoms with van der Waals surface area (Å²) in [5.74, 6) is -0.0789. The van der Waals surface area contributed by atoms with Crippen molar-refractivity contribution in [1.29, 1.82) is 0 Å². The van der Waals surface area contributed by atoms with Gasteiger partial charge >= 0.3 is 0 Å². The van der Waals surface area contributed by atoms with Gasteiger partial charge in [0, 0.05) is 21.8 Å². The van der Waals surface area contributed by atoms with Gasteiger partial charge in [-0.05, 0) is 42.5 Å². The Labute approximate surface area is 103 Å². The van der Waals surface area contributed by atoms with Crippen molar-refractivity contribution in [1.82, 2.24) is 0 Å². The number of benzene rings is 2. The number of aromatic hydroxyl groups is 1. The molecule has 4 heteroatoms. The molecule has 0 bridgehead atoms. The molecule has 2 aromatic rings. The van der Waals surface area contributed by atoms with Crippen LogP contribution in [0, 0.1) is 0 Å². The van der Waals surface area contributed by atoms with E-state index >= 15 is 0 Å². The molecule has 0 fully saturated rings. The Bertz CT molecular complexity index is 564. The maximum atomic E-state index is 12.1. The fourth-order valence-corrected chi connectivity index (χ4v) is 1.69. The van der Waals surface area contributed by atoms with Crippen molar-refractivity contribution >= 4 is 23.1 Å². The SMILES string of the molecule is Nc1cc(Cl)ccc1C(=O)c1ccc(O)cc1. The second-order valence-electron chi connectivity index (χ2n) is 3.61. The Morgan fingerprint density at radius 2 is 1.76 bits per heavy atom. The van der Waals surface area contributed by atoms with Gasteiger partial charge < -0.3 is 10.8 Å². The number of halogens is 1. The Morgan fingerprint density at radius 1 is 1.12 bits per heavy atom. The number of rotatable bonds is 2. The molecule has 0 amide bonds. The average molecular weight is 248 g/mol. The molecule has 0 aliphatic rings. The predicted octanol–water partition coefficient (Wildman–Crippen LogP) is 2.86. The minimum Gasteiger partial charge on any atom is -0.508 e. The molecule has 0 aliphatic carbocycles. The first-order valence-electron chi connectivity index (χ1n) is 4.96. The summed E-state index contributed by atoms with van der Waals surface area (Å²) < 4.78 is 0. The number of phenolic OH excluding ortho intramolecular Hbond substituents is 1. The highest BCUT2D eigenvalue weighted by Crippen LogP contribution is 2.21. The Morgan fingerprint density at radius 3 is 2.35 bits per heavy atom. The van der Waals surface area contributed by atoms with E-state index in [0.717, 1.165) is 0 Å². The molecule has 0 radical (unpaired) electrons. The number of anilines is 1. The van der Waals surface area contributed by atoms with Crippen molar-refractivity contribution in [2.75, 3.05) is 5.73 Å². The summed E-state index contributed by atoms with van der Waals surface area (Å²) in [6.45, 7) is 0. The van der Waals surface area contributed by atoms with Gasteiger partial charge in [-0.1, -0.05) is 11.6 Å². The predicted molar refractivity (Wildman–Crippen MR) is 67.4 cm³/mol. The maximum Gasteiger partial charge on any atom is 0.195 e. The zero-order valence-corrected chi connectivity index (χ0v) is 9.61. The van der Waals surface area contributed by atoms with E-state index in [0.29, 0.717) is 21.8 Å². The van der Waals surface area contributed by atoms with Crippen molar-refractivity contribution in [3.05, 3.63) is 58.6 Å². The van der Waals surface area contributed by atoms with Crippen LogP contribution in [0.4, 0.5) is 5.69 Å². The first kappa shape index (κ1) is 11.5. The first-order valence-corrected chi connectivity index (χ1v) is 5.34. The smallest absolute Gasteiger partial charge is 0.195 e. The lowest BCUT2D eigenvalue weighted by Crippen LogP contribution is -2.04. The van der Waals surface area contributed by atoms with Gasteiger partial charge in [0.15, 0.2) is 5.78 Å². The van der Waals surface area contributed by atoms with E-state index in [4.69, 9.17) is 22.4 Å². The van der Waals surface area contributed by atoms with E-state index in [1.807, 2.05) is 0 Å². The topological polar surface area (TPSA) is 63.3 Å². The molecule has 0 heterocycles. The van der Waals surface area contributed by atoms with Crippen LogP contribution >= 0.6 is 11.6 Å². The van der Waals surface area contributed by atoms with Crippen LogP contribution < -0.4 is 5.73 Å². The lowest BCUT2D eigenvalue weighted by molar-refractivity contribution is 0.103. The summed E-state index contributed by atoms with van der Waals surface area (Å²) in [5, 5.41) is 9.64. The summed E-state index contributed by atoms with van der Waals surface area (Å²) in [5.41, 5.74) is 6.95. The van der Waals surface area contributed by atoms with Crippen molar-refractivity contribution in [3.8, 4) is 5.75 Å². The molecular weight excluding hydrogens is 238 g/mol. The first-order chi connectivity index (χ1) is 8.08. The largest absolute Gasteiger partial charge is 0.508 e. The monoisotopic (exact) mass is 247 g/mol. The average Bonchev–Trinajstić information content (AvgIpc) is 2.29. The lowest BCUT2D eigenvalue weighted by atomic mass is 10.0. The number of ketones is 1. The third-order valence-electron chi connectivity index (χ3n) is 2.39. The highest BCUT2D eigenvalue weighted by molar-refractivity contribution is 6.31. The molecule has 3 nitrogen and oxygen atoms in total. The van der Waals surface area contributed by atoms with Crippen LogP contribution in [0.3, 0.4) is 0 Å². The van der Waals surface area contributed by atoms with E-state index in [9.17, 15) is 4.79 Å². The van der Waals surface area contributed by atoms with E-state index in [2.05, 4.69) is 0 Å². The zero-order chi connectivity index (χ0) is 12.4. The standard InChI is InChI=1S/C13H10ClNO2/c14-9-3-6-11(12(15)7-9)13(17)8-1-4-10(16)5-2-8/h1-7,16H,15H2. The summed E-state index contributed by atoms with van der Waals surface area (Å²) in [7, 11) is 0. The minimum atomic E-state index is -0.195. The number of nitrogens with two attached hydrogens (primary N) is 1. The molecule has 0 spiro atoms. The number of carbonyl (C=O) groups is 1. The fourth-order valence-electron chi connectivity index (χ4n) is 1.51. The van der Waals surface area contributed by atoms with Crippen molar-refractivity contribution in [2.45, 2.75) is 0 Å². The van der Waals surface area contributed by atoms with Gasteiger partial charge in [0.2, 0.25) is 0 Å². The molecule has 0 atom stereocenters. The summed E-state index contributed by atoms with van der Waals surface area (Å²) in [4.78, 5) is 12.1. The second kappa shape index (κ2) is 4.47. The van der Waals surface area contributed by atoms with Gasteiger partial charge in [-0.3, -0.25) is 4.79 Å². The van der Waals surface area contributed by atoms with E-state index < -0.39 is 0 Å². The third kappa shape index (κ3) is 2.40. The highest BCUT2D eigenvalue weighted by atomic mass is 35.5. The quantitative estimate of drug-likeness (QED) is 0.634. The van der Waals surface area contributed by atoms with Gasteiger partial charge in [-0.15, -0.1) is 0 Å². The minimum absolute atomic E-state index is 0.116. The maximum absolute atomic E-state index is 12.1. The lowest BCUT2D eigenvalue weighted by Gasteiger charge is -2.05. The molecule has 0 aliphatic heterocycles. The van der Waals surface area contributed by atoms with Gasteiger partial charge in [-0.25, -0.2) is 0 Å². The number of nitrogen functional groups attached to an aromatic ring is 1. The summed E-state index contributed by atoms with van der Waals surface area (Å²) in [6, 6.07) is 10.8. The molecule has 2 aromatic carbocycles. The molecule has 0 saturated heterocycles. The van der Waals surface area contributed by atoms with Crippen LogP contribution in [0.2, 0.25) is 5.02 Å². The second-order valence-corrected chi connectivity index (χ2v) is 4.04.